The van der Waals surface area contributed by atoms with Gasteiger partial charge in [-0.25, -0.2) is 0 Å². The van der Waals surface area contributed by atoms with Crippen LogP contribution in [0.4, 0.5) is 0 Å². The zero-order valence-corrected chi connectivity index (χ0v) is 22.2. The summed E-state index contributed by atoms with van der Waals surface area (Å²) in [6.45, 7) is 7.17. The van der Waals surface area contributed by atoms with Crippen LogP contribution in [0.25, 0.3) is 0 Å². The largest absolute Gasteiger partial charge is 0.494 e. The van der Waals surface area contributed by atoms with Gasteiger partial charge in [0.15, 0.2) is 0 Å². The van der Waals surface area contributed by atoms with Crippen LogP contribution < -0.4 is 10.1 Å². The summed E-state index contributed by atoms with van der Waals surface area (Å²) in [5, 5.41) is 3.31. The van der Waals surface area contributed by atoms with Crippen LogP contribution in [0.1, 0.15) is 69.0 Å². The second kappa shape index (κ2) is 11.7. The lowest BCUT2D eigenvalue weighted by Gasteiger charge is -2.39. The SMILES string of the molecule is CCOc1ccc(CN2CC3(CCN(CC[C@H](NC(=O)CC4CC4)c4ccccc4)CC3)CC2=O)cc1. The number of piperidine rings is 1. The Morgan fingerprint density at radius 2 is 1.81 bits per heavy atom. The molecule has 1 aliphatic carbocycles. The van der Waals surface area contributed by atoms with Gasteiger partial charge >= 0.3 is 0 Å². The molecule has 6 heteroatoms. The maximum absolute atomic E-state index is 12.9. The van der Waals surface area contributed by atoms with E-state index in [1.807, 2.05) is 30.0 Å². The van der Waals surface area contributed by atoms with Gasteiger partial charge in [-0.1, -0.05) is 42.5 Å². The molecule has 2 saturated heterocycles. The lowest BCUT2D eigenvalue weighted by Crippen LogP contribution is -2.42. The molecule has 1 N–H and O–H groups in total. The Morgan fingerprint density at radius 3 is 2.49 bits per heavy atom. The van der Waals surface area contributed by atoms with E-state index in [0.29, 0.717) is 31.9 Å². The predicted octanol–water partition coefficient (Wildman–Crippen LogP) is 4.95. The van der Waals surface area contributed by atoms with E-state index in [0.717, 1.165) is 56.8 Å². The highest BCUT2D eigenvalue weighted by atomic mass is 16.5. The number of hydrogen-bond acceptors (Lipinski definition) is 4. The molecule has 0 unspecified atom stereocenters. The Hall–Kier alpha value is -2.86. The summed E-state index contributed by atoms with van der Waals surface area (Å²) in [6, 6.07) is 18.5. The van der Waals surface area contributed by atoms with Gasteiger partial charge in [-0.2, -0.15) is 0 Å². The van der Waals surface area contributed by atoms with Crippen molar-refractivity contribution in [2.24, 2.45) is 11.3 Å². The van der Waals surface area contributed by atoms with E-state index in [1.54, 1.807) is 0 Å². The van der Waals surface area contributed by atoms with Crippen molar-refractivity contribution in [2.45, 2.75) is 64.5 Å². The van der Waals surface area contributed by atoms with Gasteiger partial charge in [0, 0.05) is 32.5 Å². The minimum absolute atomic E-state index is 0.0565. The van der Waals surface area contributed by atoms with Crippen LogP contribution in [0, 0.1) is 11.3 Å². The van der Waals surface area contributed by atoms with Crippen LogP contribution in [0.3, 0.4) is 0 Å². The topological polar surface area (TPSA) is 61.9 Å². The van der Waals surface area contributed by atoms with Gasteiger partial charge in [0.1, 0.15) is 5.75 Å². The number of carbonyl (C=O) groups is 2. The summed E-state index contributed by atoms with van der Waals surface area (Å²) < 4.78 is 5.54. The summed E-state index contributed by atoms with van der Waals surface area (Å²) in [5.41, 5.74) is 2.45. The van der Waals surface area contributed by atoms with Gasteiger partial charge in [0.2, 0.25) is 11.8 Å². The number of benzene rings is 2. The summed E-state index contributed by atoms with van der Waals surface area (Å²) in [6.07, 6.45) is 6.75. The zero-order chi connectivity index (χ0) is 25.7. The van der Waals surface area contributed by atoms with E-state index >= 15 is 0 Å². The highest BCUT2D eigenvalue weighted by Gasteiger charge is 2.44. The summed E-state index contributed by atoms with van der Waals surface area (Å²) in [5.74, 6) is 1.94. The van der Waals surface area contributed by atoms with Gasteiger partial charge in [0.05, 0.1) is 12.6 Å². The molecule has 0 radical (unpaired) electrons. The second-order valence-electron chi connectivity index (χ2n) is 11.3. The minimum Gasteiger partial charge on any atom is -0.494 e. The third-order valence-corrected chi connectivity index (χ3v) is 8.37. The molecule has 5 rings (SSSR count). The molecule has 1 atom stereocenters. The molecule has 2 aromatic carbocycles. The number of carbonyl (C=O) groups excluding carboxylic acids is 2. The molecule has 2 heterocycles. The molecule has 2 aliphatic heterocycles. The zero-order valence-electron chi connectivity index (χ0n) is 22.2. The number of hydrogen-bond donors (Lipinski definition) is 1. The Kier molecular flexibility index (Phi) is 8.14. The average Bonchev–Trinajstić information content (AvgIpc) is 3.67. The minimum atomic E-state index is 0.0565. The molecule has 1 spiro atoms. The molecular weight excluding hydrogens is 462 g/mol. The number of nitrogens with one attached hydrogen (secondary N) is 1. The van der Waals surface area contributed by atoms with Crippen molar-refractivity contribution >= 4 is 11.8 Å². The van der Waals surface area contributed by atoms with Crippen molar-refractivity contribution in [1.82, 2.24) is 15.1 Å². The van der Waals surface area contributed by atoms with Crippen molar-refractivity contribution in [3.63, 3.8) is 0 Å². The second-order valence-corrected chi connectivity index (χ2v) is 11.3. The quantitative estimate of drug-likeness (QED) is 0.472. The van der Waals surface area contributed by atoms with Crippen molar-refractivity contribution in [3.8, 4) is 5.75 Å². The fourth-order valence-electron chi connectivity index (χ4n) is 5.95. The van der Waals surface area contributed by atoms with E-state index in [4.69, 9.17) is 4.74 Å². The molecule has 0 aromatic heterocycles. The van der Waals surface area contributed by atoms with Crippen LogP contribution in [0.15, 0.2) is 54.6 Å². The van der Waals surface area contributed by atoms with E-state index in [-0.39, 0.29) is 23.3 Å². The van der Waals surface area contributed by atoms with Crippen LogP contribution >= 0.6 is 0 Å². The lowest BCUT2D eigenvalue weighted by molar-refractivity contribution is -0.128. The standard InChI is InChI=1S/C31H41N3O3/c1-2-37-27-12-10-25(11-13-27)22-34-23-31(21-30(34)36)15-18-33(19-16-31)17-14-28(26-6-4-3-5-7-26)32-29(35)20-24-8-9-24/h3-7,10-13,24,28H,2,8-9,14-23H2,1H3,(H,32,35)/t28-/m0/s1. The fraction of sp³-hybridized carbons (Fsp3) is 0.548. The van der Waals surface area contributed by atoms with Gasteiger partial charge in [-0.15, -0.1) is 0 Å². The molecule has 6 nitrogen and oxygen atoms in total. The molecular formula is C31H41N3O3. The van der Waals surface area contributed by atoms with Crippen LogP contribution in [-0.2, 0) is 16.1 Å². The maximum Gasteiger partial charge on any atom is 0.223 e. The Bertz CT molecular complexity index is 1040. The Balaban J connectivity index is 1.11. The first-order valence-corrected chi connectivity index (χ1v) is 14.1. The molecule has 0 bridgehead atoms. The molecule has 198 valence electrons. The summed E-state index contributed by atoms with van der Waals surface area (Å²) in [7, 11) is 0. The first-order valence-electron chi connectivity index (χ1n) is 14.1. The normalized spacial score (nSPS) is 20.2. The van der Waals surface area contributed by atoms with Crippen LogP contribution in [0.2, 0.25) is 0 Å². The number of amides is 2. The van der Waals surface area contributed by atoms with Gasteiger partial charge < -0.3 is 19.9 Å². The molecule has 37 heavy (non-hydrogen) atoms. The van der Waals surface area contributed by atoms with E-state index < -0.39 is 0 Å². The number of nitrogens with zero attached hydrogens (tertiary/aromatic N) is 2. The molecule has 1 saturated carbocycles. The van der Waals surface area contributed by atoms with E-state index in [1.165, 1.54) is 18.4 Å². The third-order valence-electron chi connectivity index (χ3n) is 8.37. The monoisotopic (exact) mass is 503 g/mol. The number of rotatable bonds is 11. The predicted molar refractivity (Wildman–Crippen MR) is 145 cm³/mol. The summed E-state index contributed by atoms with van der Waals surface area (Å²) in [4.78, 5) is 30.0. The summed E-state index contributed by atoms with van der Waals surface area (Å²) >= 11 is 0. The van der Waals surface area contributed by atoms with Crippen LogP contribution in [0.5, 0.6) is 5.75 Å². The van der Waals surface area contributed by atoms with Crippen molar-refractivity contribution in [2.75, 3.05) is 32.8 Å². The third kappa shape index (κ3) is 6.92. The highest BCUT2D eigenvalue weighted by molar-refractivity contribution is 5.79. The van der Waals surface area contributed by atoms with Crippen molar-refractivity contribution < 1.29 is 14.3 Å². The van der Waals surface area contributed by atoms with Crippen molar-refractivity contribution in [1.29, 1.82) is 0 Å². The maximum atomic E-state index is 12.9. The number of likely N-dealkylation sites (tertiary alicyclic amines) is 2. The molecule has 2 aromatic rings. The average molecular weight is 504 g/mol. The molecule has 3 fully saturated rings. The van der Waals surface area contributed by atoms with Crippen molar-refractivity contribution in [3.05, 3.63) is 65.7 Å². The van der Waals surface area contributed by atoms with Gasteiger partial charge in [-0.05, 0) is 86.7 Å². The first-order chi connectivity index (χ1) is 18.0. The van der Waals surface area contributed by atoms with Crippen LogP contribution in [-0.4, -0.2) is 54.4 Å². The Morgan fingerprint density at radius 1 is 1.08 bits per heavy atom. The molecule has 3 aliphatic rings. The van der Waals surface area contributed by atoms with E-state index in [2.05, 4.69) is 46.6 Å². The first kappa shape index (κ1) is 25.8. The number of ether oxygens (including phenoxy) is 1. The fourth-order valence-corrected chi connectivity index (χ4v) is 5.95. The smallest absolute Gasteiger partial charge is 0.223 e. The lowest BCUT2D eigenvalue weighted by atomic mass is 9.77. The molecule has 2 amide bonds. The van der Waals surface area contributed by atoms with Gasteiger partial charge in [0.25, 0.3) is 0 Å². The van der Waals surface area contributed by atoms with E-state index in [9.17, 15) is 9.59 Å². The van der Waals surface area contributed by atoms with Gasteiger partial charge in [-0.3, -0.25) is 9.59 Å². The highest BCUT2D eigenvalue weighted by Crippen LogP contribution is 2.41. The Labute approximate surface area is 221 Å².